The summed E-state index contributed by atoms with van der Waals surface area (Å²) in [7, 11) is 0. The number of rotatable bonds is 4. The van der Waals surface area contributed by atoms with Crippen LogP contribution in [0.2, 0.25) is 0 Å². The zero-order valence-corrected chi connectivity index (χ0v) is 24.4. The molecule has 1 aliphatic rings. The first-order valence-electron chi connectivity index (χ1n) is 13.7. The Labute approximate surface area is 242 Å². The third kappa shape index (κ3) is 5.77. The average Bonchev–Trinajstić information content (AvgIpc) is 2.89. The molecule has 3 heterocycles. The predicted octanol–water partition coefficient (Wildman–Crippen LogP) is 5.91. The number of carbonyl (C=O) groups excluding carboxylic acids is 1. The largest absolute Gasteiger partial charge is 0.444 e. The van der Waals surface area contributed by atoms with Gasteiger partial charge in [-0.05, 0) is 70.9 Å². The van der Waals surface area contributed by atoms with Crippen LogP contribution < -0.4 is 15.3 Å². The summed E-state index contributed by atoms with van der Waals surface area (Å²) in [6, 6.07) is 11.8. The van der Waals surface area contributed by atoms with Crippen molar-refractivity contribution in [2.45, 2.75) is 53.2 Å². The highest BCUT2D eigenvalue weighted by atomic mass is 19.1. The number of amides is 1. The highest BCUT2D eigenvalue weighted by Gasteiger charge is 2.32. The Kier molecular flexibility index (Phi) is 7.61. The molecule has 42 heavy (non-hydrogen) atoms. The van der Waals surface area contributed by atoms with Gasteiger partial charge in [0.05, 0.1) is 11.1 Å². The van der Waals surface area contributed by atoms with Crippen molar-refractivity contribution in [3.05, 3.63) is 81.8 Å². The Morgan fingerprint density at radius 1 is 1.00 bits per heavy atom. The Bertz CT molecular complexity index is 1710. The second kappa shape index (κ2) is 11.0. The maximum Gasteiger partial charge on any atom is 0.410 e. The molecule has 220 valence electrons. The summed E-state index contributed by atoms with van der Waals surface area (Å²) < 4.78 is 41.9. The van der Waals surface area contributed by atoms with Crippen LogP contribution in [0.25, 0.3) is 16.7 Å². The van der Waals surface area contributed by atoms with E-state index in [1.54, 1.807) is 25.7 Å². The molecule has 1 saturated heterocycles. The first kappa shape index (κ1) is 29.0. The van der Waals surface area contributed by atoms with Crippen molar-refractivity contribution in [2.75, 3.05) is 24.5 Å². The number of aromatic nitrogens is 3. The molecule has 0 aliphatic carbocycles. The quantitative estimate of drug-likeness (QED) is 0.298. The number of hydrogen-bond donors (Lipinski definition) is 0. The summed E-state index contributed by atoms with van der Waals surface area (Å²) in [6.45, 7) is 12.0. The van der Waals surface area contributed by atoms with Crippen molar-refractivity contribution < 1.29 is 23.0 Å². The molecule has 1 amide bonds. The summed E-state index contributed by atoms with van der Waals surface area (Å²) in [5.74, 6) is -1.46. The van der Waals surface area contributed by atoms with Crippen LogP contribution in [0, 0.1) is 25.5 Å². The van der Waals surface area contributed by atoms with Gasteiger partial charge in [-0.2, -0.15) is 9.97 Å². The molecule has 1 atom stereocenters. The molecule has 0 saturated carbocycles. The number of halogens is 2. The van der Waals surface area contributed by atoms with E-state index in [1.165, 1.54) is 28.8 Å². The van der Waals surface area contributed by atoms with Crippen LogP contribution >= 0.6 is 0 Å². The number of benzene rings is 2. The van der Waals surface area contributed by atoms with Crippen molar-refractivity contribution in [3.8, 4) is 17.3 Å². The molecule has 0 unspecified atom stereocenters. The smallest absolute Gasteiger partial charge is 0.410 e. The fourth-order valence-corrected chi connectivity index (χ4v) is 5.15. The Balaban J connectivity index is 1.64. The van der Waals surface area contributed by atoms with Gasteiger partial charge in [0.2, 0.25) is 0 Å². The lowest BCUT2D eigenvalue weighted by molar-refractivity contribution is 0.0218. The second-order valence-corrected chi connectivity index (χ2v) is 11.5. The SMILES string of the molecule is Cc1cccc(C)c1-n1c(=O)nc(N2CCN(C(=O)OC(C)(C)C)C[C@@H]2C)c2cc(F)c(Oc3cccc(F)c3)nc21. The van der Waals surface area contributed by atoms with Gasteiger partial charge in [-0.15, -0.1) is 0 Å². The highest BCUT2D eigenvalue weighted by Crippen LogP contribution is 2.33. The number of pyridine rings is 1. The molecule has 0 N–H and O–H groups in total. The molecule has 2 aromatic heterocycles. The maximum absolute atomic E-state index is 15.6. The molecule has 0 radical (unpaired) electrons. The van der Waals surface area contributed by atoms with E-state index in [0.29, 0.717) is 30.7 Å². The minimum atomic E-state index is -0.804. The minimum absolute atomic E-state index is 0.0582. The molecule has 0 spiro atoms. The first-order valence-corrected chi connectivity index (χ1v) is 13.7. The number of hydrogen-bond acceptors (Lipinski definition) is 7. The lowest BCUT2D eigenvalue weighted by atomic mass is 10.1. The van der Waals surface area contributed by atoms with Crippen molar-refractivity contribution in [1.82, 2.24) is 19.4 Å². The number of nitrogens with zero attached hydrogens (tertiary/aromatic N) is 5. The van der Waals surface area contributed by atoms with E-state index in [1.807, 2.05) is 43.9 Å². The van der Waals surface area contributed by atoms with E-state index in [9.17, 15) is 14.0 Å². The number of fused-ring (bicyclic) bond motifs is 1. The van der Waals surface area contributed by atoms with Gasteiger partial charge in [0, 0.05) is 31.7 Å². The molecule has 9 nitrogen and oxygen atoms in total. The Hall–Kier alpha value is -4.54. The van der Waals surface area contributed by atoms with E-state index in [4.69, 9.17) is 9.47 Å². The van der Waals surface area contributed by atoms with Gasteiger partial charge in [-0.25, -0.2) is 22.9 Å². The molecule has 5 rings (SSSR count). The van der Waals surface area contributed by atoms with Gasteiger partial charge in [0.25, 0.3) is 5.88 Å². The number of para-hydroxylation sites is 1. The third-order valence-electron chi connectivity index (χ3n) is 6.99. The van der Waals surface area contributed by atoms with Crippen LogP contribution in [0.4, 0.5) is 19.4 Å². The summed E-state index contributed by atoms with van der Waals surface area (Å²) in [4.78, 5) is 38.8. The van der Waals surface area contributed by atoms with Crippen LogP contribution in [0.15, 0.2) is 53.3 Å². The molecule has 11 heteroatoms. The fourth-order valence-electron chi connectivity index (χ4n) is 5.15. The normalized spacial score (nSPS) is 15.7. The summed E-state index contributed by atoms with van der Waals surface area (Å²) in [5, 5.41) is 0.291. The third-order valence-corrected chi connectivity index (χ3v) is 6.99. The molecule has 1 fully saturated rings. The molecule has 1 aliphatic heterocycles. The number of anilines is 1. The van der Waals surface area contributed by atoms with E-state index >= 15 is 4.39 Å². The molecule has 4 aromatic rings. The van der Waals surface area contributed by atoms with E-state index in [-0.39, 0.29) is 23.3 Å². The van der Waals surface area contributed by atoms with Gasteiger partial charge < -0.3 is 19.3 Å². The van der Waals surface area contributed by atoms with Crippen molar-refractivity contribution in [3.63, 3.8) is 0 Å². The standard InChI is InChI=1S/C31H33F2N5O4/c1-18-9-7-10-19(2)25(18)38-27-23(16-24(33)28(34-27)41-22-12-8-11-21(32)15-22)26(35-29(38)39)37-14-13-36(17-20(37)3)30(40)42-31(4,5)6/h7-12,15-16,20H,13-14,17H2,1-6H3/t20-/m0/s1. The summed E-state index contributed by atoms with van der Waals surface area (Å²) in [5.41, 5.74) is 1.06. The number of aryl methyl sites for hydroxylation is 2. The molecular weight excluding hydrogens is 544 g/mol. The van der Waals surface area contributed by atoms with E-state index in [0.717, 1.165) is 17.2 Å². The van der Waals surface area contributed by atoms with Crippen LogP contribution in [0.5, 0.6) is 11.6 Å². The second-order valence-electron chi connectivity index (χ2n) is 11.5. The van der Waals surface area contributed by atoms with Crippen LogP contribution in [-0.2, 0) is 4.74 Å². The zero-order valence-electron chi connectivity index (χ0n) is 24.4. The van der Waals surface area contributed by atoms with Crippen molar-refractivity contribution in [1.29, 1.82) is 0 Å². The van der Waals surface area contributed by atoms with Gasteiger partial charge in [-0.1, -0.05) is 24.3 Å². The van der Waals surface area contributed by atoms with Crippen LogP contribution in [-0.4, -0.2) is 56.8 Å². The zero-order chi connectivity index (χ0) is 30.3. The lowest BCUT2D eigenvalue weighted by Gasteiger charge is -2.41. The Morgan fingerprint density at radius 2 is 1.69 bits per heavy atom. The molecule has 2 aromatic carbocycles. The Morgan fingerprint density at radius 3 is 2.33 bits per heavy atom. The maximum atomic E-state index is 15.6. The van der Waals surface area contributed by atoms with Crippen LogP contribution in [0.1, 0.15) is 38.8 Å². The fraction of sp³-hybridized carbons (Fsp3) is 0.355. The summed E-state index contributed by atoms with van der Waals surface area (Å²) >= 11 is 0. The van der Waals surface area contributed by atoms with Gasteiger partial charge in [0.15, 0.2) is 11.5 Å². The first-order chi connectivity index (χ1) is 19.8. The minimum Gasteiger partial charge on any atom is -0.444 e. The van der Waals surface area contributed by atoms with Crippen molar-refractivity contribution in [2.24, 2.45) is 0 Å². The monoisotopic (exact) mass is 577 g/mol. The number of ether oxygens (including phenoxy) is 2. The molecule has 0 bridgehead atoms. The average molecular weight is 578 g/mol. The topological polar surface area (TPSA) is 89.8 Å². The number of piperazine rings is 1. The van der Waals surface area contributed by atoms with E-state index < -0.39 is 34.9 Å². The number of carbonyl (C=O) groups is 1. The predicted molar refractivity (Wildman–Crippen MR) is 156 cm³/mol. The molecular formula is C31H33F2N5O4. The van der Waals surface area contributed by atoms with Gasteiger partial charge in [0.1, 0.15) is 23.0 Å². The van der Waals surface area contributed by atoms with Gasteiger partial charge in [-0.3, -0.25) is 0 Å². The van der Waals surface area contributed by atoms with Crippen molar-refractivity contribution >= 4 is 22.9 Å². The summed E-state index contributed by atoms with van der Waals surface area (Å²) in [6.07, 6.45) is -0.427. The lowest BCUT2D eigenvalue weighted by Crippen LogP contribution is -2.55. The van der Waals surface area contributed by atoms with E-state index in [2.05, 4.69) is 9.97 Å². The highest BCUT2D eigenvalue weighted by molar-refractivity contribution is 5.89. The van der Waals surface area contributed by atoms with Gasteiger partial charge >= 0.3 is 11.8 Å². The van der Waals surface area contributed by atoms with Crippen LogP contribution in [0.3, 0.4) is 0 Å².